The Morgan fingerprint density at radius 2 is 1.85 bits per heavy atom. The van der Waals surface area contributed by atoms with Crippen LogP contribution >= 0.6 is 0 Å². The molecule has 0 radical (unpaired) electrons. The van der Waals surface area contributed by atoms with Gasteiger partial charge in [-0.25, -0.2) is 9.97 Å². The molecule has 2 aromatic rings. The summed E-state index contributed by atoms with van der Waals surface area (Å²) < 4.78 is 5.34. The van der Waals surface area contributed by atoms with Gasteiger partial charge in [0.15, 0.2) is 0 Å². The van der Waals surface area contributed by atoms with Gasteiger partial charge in [-0.05, 0) is 25.0 Å². The Morgan fingerprint density at radius 1 is 1.10 bits per heavy atom. The van der Waals surface area contributed by atoms with Gasteiger partial charge in [-0.3, -0.25) is 0 Å². The molecule has 0 atom stereocenters. The molecule has 106 valence electrons. The van der Waals surface area contributed by atoms with Crippen LogP contribution in [0.3, 0.4) is 0 Å². The third kappa shape index (κ3) is 3.85. The summed E-state index contributed by atoms with van der Waals surface area (Å²) >= 11 is 0. The Hall–Kier alpha value is -2.30. The summed E-state index contributed by atoms with van der Waals surface area (Å²) in [6.45, 7) is 3.68. The molecule has 5 nitrogen and oxygen atoms in total. The van der Waals surface area contributed by atoms with Crippen molar-refractivity contribution in [2.45, 2.75) is 13.3 Å². The number of ether oxygens (including phenoxy) is 1. The number of hydrogen-bond donors (Lipinski definition) is 2. The van der Waals surface area contributed by atoms with E-state index in [2.05, 4.69) is 26.7 Å². The average molecular weight is 272 g/mol. The summed E-state index contributed by atoms with van der Waals surface area (Å²) in [5.41, 5.74) is 1.18. The first kappa shape index (κ1) is 14.1. The molecule has 0 aliphatic rings. The number of hydrogen-bond acceptors (Lipinski definition) is 5. The second kappa shape index (κ2) is 7.33. The molecular weight excluding hydrogens is 252 g/mol. The summed E-state index contributed by atoms with van der Waals surface area (Å²) in [4.78, 5) is 8.34. The molecule has 0 fully saturated rings. The van der Waals surface area contributed by atoms with Gasteiger partial charge < -0.3 is 15.4 Å². The van der Waals surface area contributed by atoms with E-state index in [0.717, 1.165) is 36.9 Å². The SMILES string of the molecule is CCNc1cc(NCCc2ccccc2OC)ncn1. The normalized spacial score (nSPS) is 10.1. The molecule has 5 heteroatoms. The van der Waals surface area contributed by atoms with Crippen LogP contribution in [0.5, 0.6) is 5.75 Å². The van der Waals surface area contributed by atoms with E-state index in [1.54, 1.807) is 13.4 Å². The standard InChI is InChI=1S/C15H20N4O/c1-3-16-14-10-15(19-11-18-14)17-9-8-12-6-4-5-7-13(12)20-2/h4-7,10-11H,3,8-9H2,1-2H3,(H2,16,17,18,19). The third-order valence-corrected chi connectivity index (χ3v) is 2.92. The molecule has 2 rings (SSSR count). The van der Waals surface area contributed by atoms with Crippen molar-refractivity contribution in [3.05, 3.63) is 42.2 Å². The lowest BCUT2D eigenvalue weighted by Gasteiger charge is -2.10. The summed E-state index contributed by atoms with van der Waals surface area (Å²) in [5, 5.41) is 6.46. The van der Waals surface area contributed by atoms with Gasteiger partial charge in [0.2, 0.25) is 0 Å². The number of rotatable bonds is 7. The Bertz CT molecular complexity index is 545. The molecule has 0 bridgehead atoms. The third-order valence-electron chi connectivity index (χ3n) is 2.92. The minimum Gasteiger partial charge on any atom is -0.496 e. The number of nitrogens with zero attached hydrogens (tertiary/aromatic N) is 2. The van der Waals surface area contributed by atoms with Gasteiger partial charge in [-0.15, -0.1) is 0 Å². The van der Waals surface area contributed by atoms with Gasteiger partial charge in [0, 0.05) is 19.2 Å². The Labute approximate surface area is 119 Å². The minimum atomic E-state index is 0.795. The second-order valence-electron chi connectivity index (χ2n) is 4.31. The highest BCUT2D eigenvalue weighted by molar-refractivity contribution is 5.46. The van der Waals surface area contributed by atoms with E-state index in [-0.39, 0.29) is 0 Å². The predicted octanol–water partition coefficient (Wildman–Crippen LogP) is 2.57. The van der Waals surface area contributed by atoms with Crippen LogP contribution in [0.15, 0.2) is 36.7 Å². The smallest absolute Gasteiger partial charge is 0.131 e. The first-order valence-corrected chi connectivity index (χ1v) is 6.75. The number of para-hydroxylation sites is 1. The second-order valence-corrected chi connectivity index (χ2v) is 4.31. The van der Waals surface area contributed by atoms with E-state index in [1.165, 1.54) is 5.56 Å². The number of methoxy groups -OCH3 is 1. The van der Waals surface area contributed by atoms with Crippen LogP contribution < -0.4 is 15.4 Å². The molecule has 0 saturated carbocycles. The quantitative estimate of drug-likeness (QED) is 0.811. The van der Waals surface area contributed by atoms with Crippen molar-refractivity contribution in [3.63, 3.8) is 0 Å². The maximum atomic E-state index is 5.34. The number of anilines is 2. The minimum absolute atomic E-state index is 0.795. The summed E-state index contributed by atoms with van der Waals surface area (Å²) in [6.07, 6.45) is 2.44. The maximum Gasteiger partial charge on any atom is 0.131 e. The van der Waals surface area contributed by atoms with Gasteiger partial charge in [-0.1, -0.05) is 18.2 Å². The molecule has 2 N–H and O–H groups in total. The van der Waals surface area contributed by atoms with E-state index < -0.39 is 0 Å². The molecular formula is C15H20N4O. The average Bonchev–Trinajstić information content (AvgIpc) is 2.48. The van der Waals surface area contributed by atoms with Crippen molar-refractivity contribution >= 4 is 11.6 Å². The molecule has 0 saturated heterocycles. The van der Waals surface area contributed by atoms with Crippen LogP contribution in [0.25, 0.3) is 0 Å². The zero-order valence-corrected chi connectivity index (χ0v) is 11.9. The first-order valence-electron chi connectivity index (χ1n) is 6.75. The monoisotopic (exact) mass is 272 g/mol. The van der Waals surface area contributed by atoms with Crippen LogP contribution in [0.4, 0.5) is 11.6 Å². The highest BCUT2D eigenvalue weighted by atomic mass is 16.5. The maximum absolute atomic E-state index is 5.34. The van der Waals surface area contributed by atoms with E-state index in [9.17, 15) is 0 Å². The molecule has 0 aliphatic heterocycles. The van der Waals surface area contributed by atoms with Crippen LogP contribution in [-0.4, -0.2) is 30.2 Å². The lowest BCUT2D eigenvalue weighted by molar-refractivity contribution is 0.410. The number of aromatic nitrogens is 2. The molecule has 20 heavy (non-hydrogen) atoms. The van der Waals surface area contributed by atoms with Gasteiger partial charge >= 0.3 is 0 Å². The number of nitrogens with one attached hydrogen (secondary N) is 2. The van der Waals surface area contributed by atoms with Crippen molar-refractivity contribution in [1.29, 1.82) is 0 Å². The van der Waals surface area contributed by atoms with E-state index >= 15 is 0 Å². The van der Waals surface area contributed by atoms with Crippen molar-refractivity contribution in [2.75, 3.05) is 30.8 Å². The molecule has 0 aliphatic carbocycles. The fourth-order valence-electron chi connectivity index (χ4n) is 1.97. The number of benzene rings is 1. The van der Waals surface area contributed by atoms with Crippen LogP contribution in [0.1, 0.15) is 12.5 Å². The lowest BCUT2D eigenvalue weighted by Crippen LogP contribution is -2.08. The van der Waals surface area contributed by atoms with E-state index in [0.29, 0.717) is 0 Å². The van der Waals surface area contributed by atoms with Gasteiger partial charge in [0.1, 0.15) is 23.7 Å². The molecule has 1 aromatic carbocycles. The molecule has 0 unspecified atom stereocenters. The Balaban J connectivity index is 1.91. The topological polar surface area (TPSA) is 59.1 Å². The summed E-state index contributed by atoms with van der Waals surface area (Å²) in [7, 11) is 1.69. The molecule has 0 amide bonds. The largest absolute Gasteiger partial charge is 0.496 e. The van der Waals surface area contributed by atoms with Crippen molar-refractivity contribution in [2.24, 2.45) is 0 Å². The Kier molecular flexibility index (Phi) is 5.17. The summed E-state index contributed by atoms with van der Waals surface area (Å²) in [6, 6.07) is 9.95. The van der Waals surface area contributed by atoms with Gasteiger partial charge in [0.05, 0.1) is 7.11 Å². The van der Waals surface area contributed by atoms with Crippen molar-refractivity contribution in [1.82, 2.24) is 9.97 Å². The van der Waals surface area contributed by atoms with Crippen LogP contribution in [0, 0.1) is 0 Å². The van der Waals surface area contributed by atoms with E-state index in [4.69, 9.17) is 4.74 Å². The first-order chi connectivity index (χ1) is 9.83. The zero-order valence-electron chi connectivity index (χ0n) is 11.9. The molecule has 0 spiro atoms. The van der Waals surface area contributed by atoms with Gasteiger partial charge in [0.25, 0.3) is 0 Å². The summed E-state index contributed by atoms with van der Waals surface area (Å²) in [5.74, 6) is 2.58. The van der Waals surface area contributed by atoms with E-state index in [1.807, 2.05) is 31.2 Å². The zero-order chi connectivity index (χ0) is 14.2. The lowest BCUT2D eigenvalue weighted by atomic mass is 10.1. The molecule has 1 aromatic heterocycles. The fourth-order valence-corrected chi connectivity index (χ4v) is 1.97. The highest BCUT2D eigenvalue weighted by Crippen LogP contribution is 2.17. The van der Waals surface area contributed by atoms with Crippen molar-refractivity contribution < 1.29 is 4.74 Å². The Morgan fingerprint density at radius 3 is 2.60 bits per heavy atom. The van der Waals surface area contributed by atoms with Crippen LogP contribution in [-0.2, 0) is 6.42 Å². The predicted molar refractivity (Wildman–Crippen MR) is 81.4 cm³/mol. The molecule has 1 heterocycles. The van der Waals surface area contributed by atoms with Gasteiger partial charge in [-0.2, -0.15) is 0 Å². The highest BCUT2D eigenvalue weighted by Gasteiger charge is 2.02. The van der Waals surface area contributed by atoms with Crippen LogP contribution in [0.2, 0.25) is 0 Å². The van der Waals surface area contributed by atoms with Crippen molar-refractivity contribution in [3.8, 4) is 5.75 Å². The fraction of sp³-hybridized carbons (Fsp3) is 0.333.